The Kier molecular flexibility index (Phi) is 3.56. The maximum atomic E-state index is 13.1. The maximum absolute atomic E-state index is 13.1. The fourth-order valence-electron chi connectivity index (χ4n) is 1.43. The van der Waals surface area contributed by atoms with Crippen LogP contribution in [0.15, 0.2) is 36.5 Å². The predicted octanol–water partition coefficient (Wildman–Crippen LogP) is 2.21. The zero-order valence-corrected chi connectivity index (χ0v) is 10.0. The number of aromatic nitrogens is 1. The van der Waals surface area contributed by atoms with Crippen LogP contribution in [0.4, 0.5) is 10.1 Å². The van der Waals surface area contributed by atoms with Gasteiger partial charge in [-0.1, -0.05) is 0 Å². The minimum atomic E-state index is -0.682. The number of nitro benzene ring substituents is 1. The standard InChI is InChI=1S/C12H9FN4O3/c13-8-2-3-9(17(18)19)10(5-8)20-11-4-1-7(6-16-11)12(14)15/h1-6H,(H3,14,15). The highest BCUT2D eigenvalue weighted by Crippen LogP contribution is 2.30. The number of rotatable bonds is 4. The predicted molar refractivity (Wildman–Crippen MR) is 68.4 cm³/mol. The Morgan fingerprint density at radius 3 is 2.70 bits per heavy atom. The normalized spacial score (nSPS) is 10.1. The summed E-state index contributed by atoms with van der Waals surface area (Å²) >= 11 is 0. The van der Waals surface area contributed by atoms with E-state index in [2.05, 4.69) is 4.98 Å². The van der Waals surface area contributed by atoms with Crippen LogP contribution in [-0.2, 0) is 0 Å². The molecule has 0 atom stereocenters. The second-order valence-corrected chi connectivity index (χ2v) is 3.77. The van der Waals surface area contributed by atoms with Crippen LogP contribution in [0.5, 0.6) is 11.6 Å². The minimum Gasteiger partial charge on any atom is -0.432 e. The highest BCUT2D eigenvalue weighted by Gasteiger charge is 2.17. The van der Waals surface area contributed by atoms with E-state index in [1.807, 2.05) is 0 Å². The Morgan fingerprint density at radius 1 is 1.40 bits per heavy atom. The summed E-state index contributed by atoms with van der Waals surface area (Å²) in [6, 6.07) is 5.73. The number of hydrogen-bond acceptors (Lipinski definition) is 5. The van der Waals surface area contributed by atoms with E-state index in [9.17, 15) is 14.5 Å². The van der Waals surface area contributed by atoms with Crippen molar-refractivity contribution in [1.29, 1.82) is 5.41 Å². The van der Waals surface area contributed by atoms with Crippen molar-refractivity contribution in [3.63, 3.8) is 0 Å². The van der Waals surface area contributed by atoms with Crippen molar-refractivity contribution in [2.24, 2.45) is 5.73 Å². The lowest BCUT2D eigenvalue weighted by atomic mass is 10.2. The number of ether oxygens (including phenoxy) is 1. The highest BCUT2D eigenvalue weighted by molar-refractivity contribution is 5.94. The molecule has 1 aromatic heterocycles. The van der Waals surface area contributed by atoms with E-state index in [0.717, 1.165) is 18.2 Å². The van der Waals surface area contributed by atoms with Crippen LogP contribution in [0.1, 0.15) is 5.56 Å². The molecule has 0 spiro atoms. The molecule has 1 heterocycles. The number of benzene rings is 1. The summed E-state index contributed by atoms with van der Waals surface area (Å²) < 4.78 is 18.3. The number of nitro groups is 1. The molecule has 0 radical (unpaired) electrons. The molecule has 0 saturated heterocycles. The van der Waals surface area contributed by atoms with Gasteiger partial charge in [0.05, 0.1) is 4.92 Å². The molecule has 20 heavy (non-hydrogen) atoms. The van der Waals surface area contributed by atoms with Crippen LogP contribution < -0.4 is 10.5 Å². The molecule has 0 aliphatic heterocycles. The van der Waals surface area contributed by atoms with E-state index >= 15 is 0 Å². The van der Waals surface area contributed by atoms with Crippen molar-refractivity contribution in [2.75, 3.05) is 0 Å². The molecule has 0 unspecified atom stereocenters. The molecule has 2 aromatic rings. The largest absolute Gasteiger partial charge is 0.432 e. The first-order valence-electron chi connectivity index (χ1n) is 5.39. The van der Waals surface area contributed by atoms with Gasteiger partial charge in [0, 0.05) is 30.0 Å². The number of nitrogen functional groups attached to an aromatic ring is 1. The molecule has 1 aromatic carbocycles. The van der Waals surface area contributed by atoms with Crippen molar-refractivity contribution in [3.05, 3.63) is 58.0 Å². The summed E-state index contributed by atoms with van der Waals surface area (Å²) in [4.78, 5) is 14.0. The van der Waals surface area contributed by atoms with Crippen molar-refractivity contribution in [3.8, 4) is 11.6 Å². The van der Waals surface area contributed by atoms with Gasteiger partial charge in [-0.15, -0.1) is 0 Å². The van der Waals surface area contributed by atoms with Gasteiger partial charge in [0.25, 0.3) is 0 Å². The molecule has 0 bridgehead atoms. The number of pyridine rings is 1. The lowest BCUT2D eigenvalue weighted by Gasteiger charge is -2.06. The van der Waals surface area contributed by atoms with Crippen LogP contribution in [0.25, 0.3) is 0 Å². The van der Waals surface area contributed by atoms with E-state index in [4.69, 9.17) is 15.9 Å². The summed E-state index contributed by atoms with van der Waals surface area (Å²) in [7, 11) is 0. The van der Waals surface area contributed by atoms with Gasteiger partial charge in [0.1, 0.15) is 11.7 Å². The molecule has 7 nitrogen and oxygen atoms in total. The van der Waals surface area contributed by atoms with E-state index < -0.39 is 10.7 Å². The molecular weight excluding hydrogens is 267 g/mol. The van der Waals surface area contributed by atoms with E-state index in [-0.39, 0.29) is 23.2 Å². The summed E-state index contributed by atoms with van der Waals surface area (Å²) in [5, 5.41) is 18.0. The Balaban J connectivity index is 2.31. The molecule has 102 valence electrons. The van der Waals surface area contributed by atoms with Crippen molar-refractivity contribution < 1.29 is 14.1 Å². The van der Waals surface area contributed by atoms with Crippen LogP contribution in [0, 0.1) is 21.3 Å². The zero-order valence-electron chi connectivity index (χ0n) is 10.0. The minimum absolute atomic E-state index is 0.0312. The van der Waals surface area contributed by atoms with Gasteiger partial charge < -0.3 is 10.5 Å². The quantitative estimate of drug-likeness (QED) is 0.384. The lowest BCUT2D eigenvalue weighted by Crippen LogP contribution is -2.11. The summed E-state index contributed by atoms with van der Waals surface area (Å²) in [6.07, 6.45) is 1.28. The van der Waals surface area contributed by atoms with Crippen LogP contribution in [0.2, 0.25) is 0 Å². The van der Waals surface area contributed by atoms with E-state index in [0.29, 0.717) is 5.56 Å². The second-order valence-electron chi connectivity index (χ2n) is 3.77. The van der Waals surface area contributed by atoms with Crippen molar-refractivity contribution in [2.45, 2.75) is 0 Å². The lowest BCUT2D eigenvalue weighted by molar-refractivity contribution is -0.385. The molecule has 8 heteroatoms. The first-order chi connectivity index (χ1) is 9.47. The molecule has 0 amide bonds. The second kappa shape index (κ2) is 5.31. The number of hydrogen-bond donors (Lipinski definition) is 2. The molecule has 0 aliphatic carbocycles. The molecule has 0 saturated carbocycles. The molecular formula is C12H9FN4O3. The zero-order chi connectivity index (χ0) is 14.7. The van der Waals surface area contributed by atoms with E-state index in [1.165, 1.54) is 18.3 Å². The highest BCUT2D eigenvalue weighted by atomic mass is 19.1. The number of nitrogens with one attached hydrogen (secondary N) is 1. The number of halogens is 1. The van der Waals surface area contributed by atoms with Gasteiger partial charge in [-0.25, -0.2) is 9.37 Å². The smallest absolute Gasteiger partial charge is 0.311 e. The molecule has 3 N–H and O–H groups in total. The fraction of sp³-hybridized carbons (Fsp3) is 0. The van der Waals surface area contributed by atoms with Gasteiger partial charge in [-0.3, -0.25) is 15.5 Å². The average molecular weight is 276 g/mol. The third-order valence-electron chi connectivity index (χ3n) is 2.38. The topological polar surface area (TPSA) is 115 Å². The van der Waals surface area contributed by atoms with Gasteiger partial charge in [-0.2, -0.15) is 0 Å². The Hall–Kier alpha value is -3.03. The third kappa shape index (κ3) is 2.86. The van der Waals surface area contributed by atoms with E-state index in [1.54, 1.807) is 0 Å². The van der Waals surface area contributed by atoms with Crippen LogP contribution >= 0.6 is 0 Å². The third-order valence-corrected chi connectivity index (χ3v) is 2.38. The van der Waals surface area contributed by atoms with Crippen molar-refractivity contribution >= 4 is 11.5 Å². The SMILES string of the molecule is N=C(N)c1ccc(Oc2cc(F)ccc2[N+](=O)[O-])nc1. The first-order valence-corrected chi connectivity index (χ1v) is 5.39. The van der Waals surface area contributed by atoms with Gasteiger partial charge in [0.2, 0.25) is 11.6 Å². The van der Waals surface area contributed by atoms with Crippen LogP contribution in [0.3, 0.4) is 0 Å². The van der Waals surface area contributed by atoms with Crippen LogP contribution in [-0.4, -0.2) is 15.7 Å². The summed E-state index contributed by atoms with van der Waals surface area (Å²) in [5.74, 6) is -1.05. The van der Waals surface area contributed by atoms with Gasteiger partial charge >= 0.3 is 5.69 Å². The molecule has 0 aliphatic rings. The Morgan fingerprint density at radius 2 is 2.15 bits per heavy atom. The summed E-state index contributed by atoms with van der Waals surface area (Å²) in [5.41, 5.74) is 5.27. The number of nitrogens with zero attached hydrogens (tertiary/aromatic N) is 2. The summed E-state index contributed by atoms with van der Waals surface area (Å²) in [6.45, 7) is 0. The molecule has 0 fully saturated rings. The number of amidine groups is 1. The Bertz CT molecular complexity index is 673. The van der Waals surface area contributed by atoms with Gasteiger partial charge in [-0.05, 0) is 12.1 Å². The monoisotopic (exact) mass is 276 g/mol. The first kappa shape index (κ1) is 13.4. The maximum Gasteiger partial charge on any atom is 0.311 e. The van der Waals surface area contributed by atoms with Gasteiger partial charge in [0.15, 0.2) is 0 Å². The van der Waals surface area contributed by atoms with Crippen molar-refractivity contribution in [1.82, 2.24) is 4.98 Å². The Labute approximate surface area is 112 Å². The number of nitrogens with two attached hydrogens (primary N) is 1. The fourth-order valence-corrected chi connectivity index (χ4v) is 1.43. The molecule has 2 rings (SSSR count). The average Bonchev–Trinajstić information content (AvgIpc) is 2.39.